The number of carboxylic acid groups (broad SMARTS) is 1. The summed E-state index contributed by atoms with van der Waals surface area (Å²) in [6.07, 6.45) is 3.08. The Hall–Kier alpha value is -3.16. The van der Waals surface area contributed by atoms with E-state index in [2.05, 4.69) is 24.7 Å². The highest BCUT2D eigenvalue weighted by molar-refractivity contribution is 8.00. The van der Waals surface area contributed by atoms with Gasteiger partial charge in [-0.05, 0) is 11.6 Å². The Morgan fingerprint density at radius 2 is 2.15 bits per heavy atom. The molecule has 18 heteroatoms. The predicted molar refractivity (Wildman–Crippen MR) is 140 cm³/mol. The van der Waals surface area contributed by atoms with Gasteiger partial charge in [0.05, 0.1) is 19.8 Å². The summed E-state index contributed by atoms with van der Waals surface area (Å²) in [5, 5.41) is 44.6. The highest BCUT2D eigenvalue weighted by Crippen LogP contribution is 2.41. The fraction of sp³-hybridized carbons (Fsp3) is 0.545. The van der Waals surface area contributed by atoms with Crippen LogP contribution in [-0.2, 0) is 19.2 Å². The summed E-state index contributed by atoms with van der Waals surface area (Å²) in [6.45, 7) is -0.655. The van der Waals surface area contributed by atoms with Gasteiger partial charge in [0.2, 0.25) is 11.5 Å². The fourth-order valence-corrected chi connectivity index (χ4v) is 6.96. The van der Waals surface area contributed by atoms with Crippen molar-refractivity contribution in [1.29, 1.82) is 0 Å². The lowest BCUT2D eigenvalue weighted by Gasteiger charge is -2.49. The lowest BCUT2D eigenvalue weighted by Crippen LogP contribution is -2.71. The monoisotopic (exact) mass is 602 g/mol. The molecular formula is C22H29FN7O8S2+. The number of quaternary nitrogens is 1. The van der Waals surface area contributed by atoms with Crippen molar-refractivity contribution in [3.05, 3.63) is 29.2 Å². The number of hydrogen-bond donors (Lipinski definition) is 6. The first kappa shape index (κ1) is 29.8. The summed E-state index contributed by atoms with van der Waals surface area (Å²) < 4.78 is 16.6. The van der Waals surface area contributed by atoms with Gasteiger partial charge in [-0.1, -0.05) is 11.2 Å². The Morgan fingerprint density at radius 3 is 2.77 bits per heavy atom. The number of nitrogens with two attached hydrogens (primary N) is 1. The first-order valence-electron chi connectivity index (χ1n) is 12.1. The van der Waals surface area contributed by atoms with Crippen LogP contribution in [0, 0.1) is 0 Å². The Morgan fingerprint density at radius 1 is 1.38 bits per heavy atom. The molecule has 40 heavy (non-hydrogen) atoms. The number of amides is 2. The van der Waals surface area contributed by atoms with E-state index in [0.29, 0.717) is 31.6 Å². The molecule has 3 aliphatic rings. The van der Waals surface area contributed by atoms with E-state index in [1.54, 1.807) is 12.2 Å². The normalized spacial score (nSPS) is 28.6. The maximum absolute atomic E-state index is 13.0. The van der Waals surface area contributed by atoms with Crippen molar-refractivity contribution in [2.24, 2.45) is 5.16 Å². The molecule has 7 N–H and O–H groups in total. The Labute approximate surface area is 235 Å². The molecule has 0 aliphatic carbocycles. The first-order valence-corrected chi connectivity index (χ1v) is 14.0. The number of allylic oxidation sites excluding steroid dienone is 1. The van der Waals surface area contributed by atoms with Gasteiger partial charge in [0, 0.05) is 23.7 Å². The van der Waals surface area contributed by atoms with Gasteiger partial charge >= 0.3 is 5.97 Å². The number of alkyl halides is 1. The number of fused-ring (bicyclic) bond motifs is 1. The van der Waals surface area contributed by atoms with Gasteiger partial charge in [-0.2, -0.15) is 9.36 Å². The average Bonchev–Trinajstić information content (AvgIpc) is 3.49. The highest BCUT2D eigenvalue weighted by atomic mass is 32.2. The molecule has 0 radical (unpaired) electrons. The van der Waals surface area contributed by atoms with Crippen molar-refractivity contribution in [2.75, 3.05) is 51.2 Å². The zero-order valence-corrected chi connectivity index (χ0v) is 22.7. The minimum atomic E-state index is -1.33. The van der Waals surface area contributed by atoms with Crippen molar-refractivity contribution in [3.63, 3.8) is 0 Å². The molecule has 0 aromatic carbocycles. The molecule has 0 saturated carbocycles. The van der Waals surface area contributed by atoms with Crippen LogP contribution in [0.25, 0.3) is 0 Å². The van der Waals surface area contributed by atoms with Gasteiger partial charge in [-0.3, -0.25) is 14.5 Å². The summed E-state index contributed by atoms with van der Waals surface area (Å²) in [5.74, 6) is -2.94. The molecule has 0 spiro atoms. The number of β-lactam (4-membered cyclic amide) rings is 1. The highest BCUT2D eigenvalue weighted by Gasteiger charge is 2.54. The van der Waals surface area contributed by atoms with E-state index in [0.717, 1.165) is 16.4 Å². The number of carbonyl (C=O) groups is 3. The van der Waals surface area contributed by atoms with E-state index < -0.39 is 47.9 Å². The molecule has 2 amide bonds. The third-order valence-electron chi connectivity index (χ3n) is 7.00. The van der Waals surface area contributed by atoms with Crippen LogP contribution in [0.2, 0.25) is 0 Å². The van der Waals surface area contributed by atoms with E-state index in [9.17, 15) is 39.2 Å². The number of rotatable bonds is 12. The zero-order chi connectivity index (χ0) is 29.0. The topological polar surface area (TPSA) is 221 Å². The second-order valence-electron chi connectivity index (χ2n) is 9.33. The Bertz CT molecular complexity index is 1240. The molecule has 1 aromatic heterocycles. The second kappa shape index (κ2) is 12.6. The number of carbonyl (C=O) groups excluding carboxylic acids is 2. The molecule has 218 valence electrons. The molecule has 4 heterocycles. The molecule has 2 saturated heterocycles. The number of oxime groups is 1. The summed E-state index contributed by atoms with van der Waals surface area (Å²) >= 11 is 2.01. The SMILES string of the molecule is Nc1nc(C(=NOCF)C(=O)N[C@@H]2C(=O)N3C(C(=O)O)=C(C=CC[N+]4(CCO)C[C@H](O)C[C@H]4CO)CS[C@@H]23)ns1. The Kier molecular flexibility index (Phi) is 9.37. The number of carboxylic acids is 1. The minimum absolute atomic E-state index is 0.0263. The number of nitrogens with zero attached hydrogens (tertiary/aromatic N) is 5. The maximum Gasteiger partial charge on any atom is 0.352 e. The van der Waals surface area contributed by atoms with Crippen LogP contribution in [-0.4, -0.2) is 132 Å². The number of nitrogen functional groups attached to an aromatic ring is 1. The quantitative estimate of drug-likeness (QED) is 0.0662. The van der Waals surface area contributed by atoms with Crippen molar-refractivity contribution in [2.45, 2.75) is 30.0 Å². The number of aliphatic carboxylic acids is 1. The molecule has 1 aromatic rings. The molecule has 3 aliphatic heterocycles. The smallest absolute Gasteiger partial charge is 0.352 e. The van der Waals surface area contributed by atoms with Crippen LogP contribution in [0.15, 0.2) is 28.6 Å². The summed E-state index contributed by atoms with van der Waals surface area (Å²) in [5.41, 5.74) is 5.19. The van der Waals surface area contributed by atoms with E-state index in [-0.39, 0.29) is 46.1 Å². The third-order valence-corrected chi connectivity index (χ3v) is 8.84. The number of nitrogens with one attached hydrogen (secondary N) is 1. The zero-order valence-electron chi connectivity index (χ0n) is 21.1. The molecule has 1 unspecified atom stereocenters. The van der Waals surface area contributed by atoms with E-state index >= 15 is 0 Å². The van der Waals surface area contributed by atoms with Crippen LogP contribution >= 0.6 is 23.3 Å². The number of anilines is 1. The van der Waals surface area contributed by atoms with Crippen molar-refractivity contribution < 1.29 is 48.5 Å². The largest absolute Gasteiger partial charge is 0.477 e. The van der Waals surface area contributed by atoms with Crippen molar-refractivity contribution >= 4 is 51.9 Å². The van der Waals surface area contributed by atoms with Crippen LogP contribution in [0.5, 0.6) is 0 Å². The number of aromatic nitrogens is 2. The number of hydrogen-bond acceptors (Lipinski definition) is 13. The molecule has 5 atom stereocenters. The van der Waals surface area contributed by atoms with Crippen LogP contribution in [0.4, 0.5) is 9.52 Å². The number of aliphatic hydroxyl groups is 3. The van der Waals surface area contributed by atoms with Gasteiger partial charge in [-0.25, -0.2) is 9.18 Å². The van der Waals surface area contributed by atoms with E-state index in [4.69, 9.17) is 5.73 Å². The minimum Gasteiger partial charge on any atom is -0.477 e. The third kappa shape index (κ3) is 5.81. The number of aliphatic hydroxyl groups excluding tert-OH is 3. The molecular weight excluding hydrogens is 573 g/mol. The molecule has 0 bridgehead atoms. The van der Waals surface area contributed by atoms with Crippen LogP contribution in [0.1, 0.15) is 12.2 Å². The van der Waals surface area contributed by atoms with Gasteiger partial charge in [0.25, 0.3) is 18.7 Å². The number of halogens is 1. The predicted octanol–water partition coefficient (Wildman–Crippen LogP) is -2.00. The van der Waals surface area contributed by atoms with Crippen LogP contribution in [0.3, 0.4) is 0 Å². The summed E-state index contributed by atoms with van der Waals surface area (Å²) in [7, 11) is 0. The number of likely N-dealkylation sites (tertiary alicyclic amines) is 1. The van der Waals surface area contributed by atoms with Crippen molar-refractivity contribution in [3.8, 4) is 0 Å². The lowest BCUT2D eigenvalue weighted by atomic mass is 10.0. The van der Waals surface area contributed by atoms with E-state index in [1.807, 2.05) is 0 Å². The first-order chi connectivity index (χ1) is 19.2. The Balaban J connectivity index is 1.50. The fourth-order valence-electron chi connectivity index (χ4n) is 5.21. The summed E-state index contributed by atoms with van der Waals surface area (Å²) in [4.78, 5) is 47.3. The maximum atomic E-state index is 13.0. The number of thioether (sulfide) groups is 1. The van der Waals surface area contributed by atoms with Crippen LogP contribution < -0.4 is 11.1 Å². The standard InChI is InChI=1S/C22H28FN7O8S2/c23-10-38-27-14(17-26-22(24)40-28-17)18(34)25-15-19(35)29-16(21(36)37)11(9-39-20(15)29)2-1-3-30(4-5-31)7-13(33)6-12(30)8-32/h1-2,12-13,15,20,31-33H,3-10H2,(H3-,24,25,26,28,34,36,37)/p+1/t12-,13+,15+,20-,30?/m0/s1. The van der Waals surface area contributed by atoms with Gasteiger partial charge in [0.15, 0.2) is 5.13 Å². The van der Waals surface area contributed by atoms with E-state index in [1.165, 1.54) is 11.8 Å². The lowest BCUT2D eigenvalue weighted by molar-refractivity contribution is -0.935. The van der Waals surface area contributed by atoms with Gasteiger partial charge in [0.1, 0.15) is 42.3 Å². The molecule has 15 nitrogen and oxygen atoms in total. The molecule has 2 fully saturated rings. The van der Waals surface area contributed by atoms with Gasteiger partial charge in [-0.15, -0.1) is 11.8 Å². The molecule has 4 rings (SSSR count). The van der Waals surface area contributed by atoms with Gasteiger partial charge < -0.3 is 40.8 Å². The second-order valence-corrected chi connectivity index (χ2v) is 11.2. The summed E-state index contributed by atoms with van der Waals surface area (Å²) in [6, 6.07) is -1.37. The average molecular weight is 603 g/mol. The van der Waals surface area contributed by atoms with Crippen molar-refractivity contribution in [1.82, 2.24) is 19.6 Å².